The molecule has 0 saturated carbocycles. The number of carboxylic acids is 1. The van der Waals surface area contributed by atoms with Crippen molar-refractivity contribution >= 4 is 5.97 Å². The number of halogens is 9. The molecule has 0 heterocycles. The van der Waals surface area contributed by atoms with Gasteiger partial charge in [0.2, 0.25) is 0 Å². The Bertz CT molecular complexity index is 326. The van der Waals surface area contributed by atoms with Crippen LogP contribution >= 0.6 is 0 Å². The molecule has 0 aromatic carbocycles. The highest BCUT2D eigenvalue weighted by molar-refractivity contribution is 5.73. The van der Waals surface area contributed by atoms with Gasteiger partial charge in [0, 0.05) is 0 Å². The van der Waals surface area contributed by atoms with Crippen molar-refractivity contribution in [1.82, 2.24) is 6.15 Å². The van der Waals surface area contributed by atoms with E-state index >= 15 is 0 Å². The first-order valence-electron chi connectivity index (χ1n) is 3.71. The first-order chi connectivity index (χ1) is 7.65. The topological polar surface area (TPSA) is 85.9 Å². The van der Waals surface area contributed by atoms with Crippen LogP contribution in [-0.4, -0.2) is 36.7 Å². The van der Waals surface area contributed by atoms with E-state index in [2.05, 4.69) is 4.74 Å². The lowest BCUT2D eigenvalue weighted by molar-refractivity contribution is -0.430. The number of carbonyl (C=O) groups excluding carboxylic acids is 1. The van der Waals surface area contributed by atoms with Crippen LogP contribution < -0.4 is 11.3 Å². The van der Waals surface area contributed by atoms with Crippen LogP contribution in [0.2, 0.25) is 0 Å². The molecule has 4 N–H and O–H groups in total. The molecule has 0 aliphatic heterocycles. The first kappa shape index (κ1) is 20.1. The molecule has 0 aliphatic rings. The summed E-state index contributed by atoms with van der Waals surface area (Å²) in [5.41, 5.74) is 0. The van der Waals surface area contributed by atoms with Crippen LogP contribution in [0.15, 0.2) is 0 Å². The molecule has 0 unspecified atom stereocenters. The SMILES string of the molecule is O=C([O-])C(F)(F)COC(F)(F)C(F)(F)C(F)(F)F.[NH4+]. The van der Waals surface area contributed by atoms with Gasteiger partial charge < -0.3 is 20.8 Å². The molecule has 0 saturated heterocycles. The lowest BCUT2D eigenvalue weighted by Gasteiger charge is -2.29. The van der Waals surface area contributed by atoms with Crippen LogP contribution in [0, 0.1) is 0 Å². The summed E-state index contributed by atoms with van der Waals surface area (Å²) in [5, 5.41) is 9.59. The molecule has 0 amide bonds. The summed E-state index contributed by atoms with van der Waals surface area (Å²) in [6, 6.07) is 0. The lowest BCUT2D eigenvalue weighted by Crippen LogP contribution is -2.55. The van der Waals surface area contributed by atoms with Gasteiger partial charge in [-0.05, 0) is 0 Å². The van der Waals surface area contributed by atoms with Gasteiger partial charge in [0.25, 0.3) is 0 Å². The molecule has 116 valence electrons. The van der Waals surface area contributed by atoms with E-state index < -0.39 is 36.7 Å². The van der Waals surface area contributed by atoms with E-state index in [1.807, 2.05) is 0 Å². The van der Waals surface area contributed by atoms with Crippen LogP contribution in [0.5, 0.6) is 0 Å². The van der Waals surface area contributed by atoms with E-state index in [-0.39, 0.29) is 6.15 Å². The van der Waals surface area contributed by atoms with E-state index in [1.165, 1.54) is 0 Å². The quantitative estimate of drug-likeness (QED) is 0.782. The molecular formula is C6H6F9NO3. The zero-order chi connectivity index (χ0) is 15.0. The Balaban J connectivity index is 0. The minimum atomic E-state index is -6.77. The molecule has 0 radical (unpaired) electrons. The smallest absolute Gasteiger partial charge is 0.462 e. The van der Waals surface area contributed by atoms with Gasteiger partial charge in [-0.3, -0.25) is 0 Å². The molecule has 0 aromatic rings. The van der Waals surface area contributed by atoms with Gasteiger partial charge >= 0.3 is 24.1 Å². The van der Waals surface area contributed by atoms with Gasteiger partial charge in [0.05, 0.1) is 0 Å². The Kier molecular flexibility index (Phi) is 5.71. The molecule has 4 nitrogen and oxygen atoms in total. The summed E-state index contributed by atoms with van der Waals surface area (Å²) in [6.45, 7) is -2.91. The number of ether oxygens (including phenoxy) is 1. The highest BCUT2D eigenvalue weighted by Crippen LogP contribution is 2.47. The third-order valence-corrected chi connectivity index (χ3v) is 1.45. The Morgan fingerprint density at radius 3 is 1.58 bits per heavy atom. The Morgan fingerprint density at radius 2 is 1.32 bits per heavy atom. The summed E-state index contributed by atoms with van der Waals surface area (Å²) < 4.78 is 110. The van der Waals surface area contributed by atoms with Crippen molar-refractivity contribution in [3.05, 3.63) is 0 Å². The predicted octanol–water partition coefficient (Wildman–Crippen LogP) is 1.55. The van der Waals surface area contributed by atoms with Gasteiger partial charge in [-0.15, -0.1) is 0 Å². The van der Waals surface area contributed by atoms with Gasteiger partial charge in [0.1, 0.15) is 12.6 Å². The van der Waals surface area contributed by atoms with Crippen molar-refractivity contribution in [2.24, 2.45) is 0 Å². The number of hydrogen-bond acceptors (Lipinski definition) is 3. The summed E-state index contributed by atoms with van der Waals surface area (Å²) in [5.74, 6) is -15.2. The van der Waals surface area contributed by atoms with Gasteiger partial charge in [-0.25, -0.2) is 0 Å². The van der Waals surface area contributed by atoms with E-state index in [0.29, 0.717) is 0 Å². The van der Waals surface area contributed by atoms with E-state index in [9.17, 15) is 49.4 Å². The summed E-state index contributed by atoms with van der Waals surface area (Å²) in [4.78, 5) is 9.59. The van der Waals surface area contributed by atoms with E-state index in [1.54, 1.807) is 0 Å². The number of carboxylic acid groups (broad SMARTS) is 1. The Hall–Kier alpha value is -1.24. The minimum Gasteiger partial charge on any atom is -0.544 e. The summed E-state index contributed by atoms with van der Waals surface area (Å²) in [7, 11) is 0. The molecule has 0 atom stereocenters. The van der Waals surface area contributed by atoms with Crippen LogP contribution in [0.1, 0.15) is 0 Å². The van der Waals surface area contributed by atoms with Gasteiger partial charge in [-0.2, -0.15) is 39.5 Å². The number of quaternary nitrogens is 1. The summed E-state index contributed by atoms with van der Waals surface area (Å²) in [6.07, 6.45) is -13.1. The fourth-order valence-corrected chi connectivity index (χ4v) is 0.496. The summed E-state index contributed by atoms with van der Waals surface area (Å²) >= 11 is 0. The molecule has 19 heavy (non-hydrogen) atoms. The zero-order valence-electron chi connectivity index (χ0n) is 8.83. The highest BCUT2D eigenvalue weighted by atomic mass is 19.4. The second-order valence-corrected chi connectivity index (χ2v) is 2.87. The fourth-order valence-electron chi connectivity index (χ4n) is 0.496. The van der Waals surface area contributed by atoms with Gasteiger partial charge in [-0.1, -0.05) is 0 Å². The number of rotatable bonds is 5. The lowest BCUT2D eigenvalue weighted by atomic mass is 10.3. The maximum Gasteiger partial charge on any atom is 0.462 e. The molecule has 0 rings (SSSR count). The van der Waals surface area contributed by atoms with Crippen LogP contribution in [0.25, 0.3) is 0 Å². The third-order valence-electron chi connectivity index (χ3n) is 1.45. The largest absolute Gasteiger partial charge is 0.544 e. The molecular weight excluding hydrogens is 305 g/mol. The molecule has 0 aliphatic carbocycles. The van der Waals surface area contributed by atoms with Crippen molar-refractivity contribution in [2.45, 2.75) is 24.1 Å². The van der Waals surface area contributed by atoms with E-state index in [4.69, 9.17) is 0 Å². The standard InChI is InChI=1S/C6H3F9O3.H3N/c7-3(8,2(16)17)1-18-6(14,15)4(9,10)5(11,12)13;/h1H2,(H,16,17);1H3. The van der Waals surface area contributed by atoms with Crippen LogP contribution in [0.3, 0.4) is 0 Å². The molecule has 13 heteroatoms. The maximum absolute atomic E-state index is 12.3. The van der Waals surface area contributed by atoms with Crippen LogP contribution in [-0.2, 0) is 9.53 Å². The third kappa shape index (κ3) is 4.12. The number of aliphatic carboxylic acids is 1. The number of hydrogen-bond donors (Lipinski definition) is 1. The van der Waals surface area contributed by atoms with Crippen molar-refractivity contribution in [3.63, 3.8) is 0 Å². The van der Waals surface area contributed by atoms with Crippen molar-refractivity contribution in [3.8, 4) is 0 Å². The van der Waals surface area contributed by atoms with Crippen molar-refractivity contribution in [2.75, 3.05) is 6.61 Å². The Labute approximate surface area is 98.3 Å². The Morgan fingerprint density at radius 1 is 0.947 bits per heavy atom. The zero-order valence-corrected chi connectivity index (χ0v) is 8.83. The predicted molar refractivity (Wildman–Crippen MR) is 37.8 cm³/mol. The molecule has 0 spiro atoms. The minimum absolute atomic E-state index is 0. The van der Waals surface area contributed by atoms with E-state index in [0.717, 1.165) is 0 Å². The first-order valence-corrected chi connectivity index (χ1v) is 3.71. The van der Waals surface area contributed by atoms with Crippen molar-refractivity contribution in [1.29, 1.82) is 0 Å². The average molecular weight is 311 g/mol. The number of carbonyl (C=O) groups is 1. The molecule has 0 aromatic heterocycles. The molecule has 0 bridgehead atoms. The normalized spacial score (nSPS) is 13.9. The number of alkyl halides is 9. The second-order valence-electron chi connectivity index (χ2n) is 2.87. The fraction of sp³-hybridized carbons (Fsp3) is 0.833. The van der Waals surface area contributed by atoms with Crippen LogP contribution in [0.4, 0.5) is 39.5 Å². The van der Waals surface area contributed by atoms with Gasteiger partial charge in [0.15, 0.2) is 0 Å². The highest BCUT2D eigenvalue weighted by Gasteiger charge is 2.74. The maximum atomic E-state index is 12.3. The molecule has 0 fully saturated rings. The van der Waals surface area contributed by atoms with Crippen molar-refractivity contribution < 1.29 is 54.2 Å². The average Bonchev–Trinajstić information content (AvgIpc) is 2.12. The monoisotopic (exact) mass is 311 g/mol. The second kappa shape index (κ2) is 5.40.